The van der Waals surface area contributed by atoms with Crippen LogP contribution in [0.5, 0.6) is 11.5 Å². The van der Waals surface area contributed by atoms with Crippen LogP contribution in [-0.4, -0.2) is 47.4 Å². The molecule has 0 saturated heterocycles. The average Bonchev–Trinajstić information content (AvgIpc) is 3.14. The molecule has 0 atom stereocenters. The van der Waals surface area contributed by atoms with E-state index in [0.29, 0.717) is 18.3 Å². The van der Waals surface area contributed by atoms with Gasteiger partial charge < -0.3 is 14.4 Å². The van der Waals surface area contributed by atoms with Gasteiger partial charge in [0.2, 0.25) is 0 Å². The first-order valence-electron chi connectivity index (χ1n) is 9.64. The van der Waals surface area contributed by atoms with Crippen LogP contribution in [0.4, 0.5) is 0 Å². The molecule has 146 valence electrons. The Bertz CT molecular complexity index is 766. The third-order valence-corrected chi connectivity index (χ3v) is 5.41. The fourth-order valence-electron chi connectivity index (χ4n) is 3.86. The Balaban J connectivity index is 1.77. The summed E-state index contributed by atoms with van der Waals surface area (Å²) in [6, 6.07) is 8.05. The van der Waals surface area contributed by atoms with E-state index in [1.165, 1.54) is 19.3 Å². The number of carbonyl (C=O) groups excluding carboxylic acids is 1. The lowest BCUT2D eigenvalue weighted by Crippen LogP contribution is -2.43. The Morgan fingerprint density at radius 2 is 1.89 bits per heavy atom. The number of methoxy groups -OCH3 is 2. The number of nitrogens with zero attached hydrogens (tertiary/aromatic N) is 3. The van der Waals surface area contributed by atoms with E-state index in [0.717, 1.165) is 36.3 Å². The monoisotopic (exact) mass is 371 g/mol. The number of hydrogen-bond acceptors (Lipinski definition) is 4. The summed E-state index contributed by atoms with van der Waals surface area (Å²) in [4.78, 5) is 15.2. The first kappa shape index (κ1) is 19.3. The average molecular weight is 371 g/mol. The first-order chi connectivity index (χ1) is 13.1. The van der Waals surface area contributed by atoms with Gasteiger partial charge in [-0.2, -0.15) is 5.10 Å². The van der Waals surface area contributed by atoms with Crippen molar-refractivity contribution in [3.8, 4) is 11.5 Å². The molecule has 6 heteroatoms. The van der Waals surface area contributed by atoms with Gasteiger partial charge in [-0.1, -0.05) is 25.3 Å². The van der Waals surface area contributed by atoms with Crippen molar-refractivity contribution in [2.24, 2.45) is 7.05 Å². The lowest BCUT2D eigenvalue weighted by atomic mass is 9.93. The van der Waals surface area contributed by atoms with Crippen LogP contribution < -0.4 is 9.47 Å². The molecule has 1 aliphatic carbocycles. The highest BCUT2D eigenvalue weighted by Crippen LogP contribution is 2.29. The van der Waals surface area contributed by atoms with Crippen LogP contribution in [0, 0.1) is 0 Å². The van der Waals surface area contributed by atoms with Crippen molar-refractivity contribution in [2.45, 2.75) is 44.6 Å². The van der Waals surface area contributed by atoms with Gasteiger partial charge in [-0.15, -0.1) is 0 Å². The molecule has 0 bridgehead atoms. The quantitative estimate of drug-likeness (QED) is 0.748. The molecule has 1 aromatic heterocycles. The highest BCUT2D eigenvalue weighted by Gasteiger charge is 2.27. The Morgan fingerprint density at radius 1 is 1.15 bits per heavy atom. The highest BCUT2D eigenvalue weighted by molar-refractivity contribution is 5.92. The van der Waals surface area contributed by atoms with Gasteiger partial charge in [0.25, 0.3) is 5.91 Å². The molecule has 6 nitrogen and oxygen atoms in total. The van der Waals surface area contributed by atoms with Crippen LogP contribution in [0.3, 0.4) is 0 Å². The zero-order chi connectivity index (χ0) is 19.2. The summed E-state index contributed by atoms with van der Waals surface area (Å²) in [5.41, 5.74) is 1.78. The molecule has 0 spiro atoms. The second-order valence-electron chi connectivity index (χ2n) is 7.07. The molecule has 1 saturated carbocycles. The van der Waals surface area contributed by atoms with Crippen LogP contribution in [0.1, 0.15) is 48.2 Å². The molecule has 0 N–H and O–H groups in total. The molecule has 27 heavy (non-hydrogen) atoms. The number of hydrogen-bond donors (Lipinski definition) is 0. The summed E-state index contributed by atoms with van der Waals surface area (Å²) in [6.07, 6.45) is 8.26. The van der Waals surface area contributed by atoms with Crippen molar-refractivity contribution in [1.82, 2.24) is 14.7 Å². The van der Waals surface area contributed by atoms with E-state index in [1.54, 1.807) is 31.2 Å². The van der Waals surface area contributed by atoms with E-state index in [2.05, 4.69) is 5.10 Å². The predicted octanol–water partition coefficient (Wildman–Crippen LogP) is 3.45. The molecule has 1 aromatic carbocycles. The minimum atomic E-state index is 0.0716. The SMILES string of the molecule is COc1ccc(CCN(C(=O)c2ccnn2C)C2CCCCC2)cc1OC. The van der Waals surface area contributed by atoms with Crippen molar-refractivity contribution >= 4 is 5.91 Å². The molecule has 1 heterocycles. The molecule has 2 aromatic rings. The number of benzene rings is 1. The highest BCUT2D eigenvalue weighted by atomic mass is 16.5. The Labute approximate surface area is 161 Å². The maximum Gasteiger partial charge on any atom is 0.272 e. The van der Waals surface area contributed by atoms with E-state index in [4.69, 9.17) is 9.47 Å². The Kier molecular flexibility index (Phi) is 6.37. The summed E-state index contributed by atoms with van der Waals surface area (Å²) in [7, 11) is 5.09. The van der Waals surface area contributed by atoms with Gasteiger partial charge in [-0.05, 0) is 43.0 Å². The number of amides is 1. The van der Waals surface area contributed by atoms with E-state index >= 15 is 0 Å². The second kappa shape index (κ2) is 8.93. The number of rotatable bonds is 7. The molecule has 0 radical (unpaired) electrons. The van der Waals surface area contributed by atoms with Crippen molar-refractivity contribution in [1.29, 1.82) is 0 Å². The topological polar surface area (TPSA) is 56.6 Å². The third-order valence-electron chi connectivity index (χ3n) is 5.41. The molecule has 0 aliphatic heterocycles. The molecule has 3 rings (SSSR count). The molecule has 1 fully saturated rings. The van der Waals surface area contributed by atoms with Crippen molar-refractivity contribution in [3.63, 3.8) is 0 Å². The van der Waals surface area contributed by atoms with Gasteiger partial charge in [0.1, 0.15) is 5.69 Å². The standard InChI is InChI=1S/C21H29N3O3/c1-23-18(11-13-22-23)21(25)24(17-7-5-4-6-8-17)14-12-16-9-10-19(26-2)20(15-16)27-3/h9-11,13,15,17H,4-8,12,14H2,1-3H3. The number of ether oxygens (including phenoxy) is 2. The lowest BCUT2D eigenvalue weighted by molar-refractivity contribution is 0.0625. The van der Waals surface area contributed by atoms with Crippen molar-refractivity contribution < 1.29 is 14.3 Å². The lowest BCUT2D eigenvalue weighted by Gasteiger charge is -2.34. The van der Waals surface area contributed by atoms with Crippen LogP contribution in [0.15, 0.2) is 30.5 Å². The van der Waals surface area contributed by atoms with E-state index in [-0.39, 0.29) is 5.91 Å². The summed E-state index contributed by atoms with van der Waals surface area (Å²) >= 11 is 0. The van der Waals surface area contributed by atoms with Gasteiger partial charge >= 0.3 is 0 Å². The first-order valence-corrected chi connectivity index (χ1v) is 9.64. The van der Waals surface area contributed by atoms with Gasteiger partial charge in [-0.3, -0.25) is 9.48 Å². The second-order valence-corrected chi connectivity index (χ2v) is 7.07. The fraction of sp³-hybridized carbons (Fsp3) is 0.524. The molecule has 1 aliphatic rings. The maximum atomic E-state index is 13.2. The number of carbonyl (C=O) groups is 1. The van der Waals surface area contributed by atoms with Crippen LogP contribution in [0.2, 0.25) is 0 Å². The summed E-state index contributed by atoms with van der Waals surface area (Å²) in [5.74, 6) is 1.51. The number of aryl methyl sites for hydroxylation is 1. The van der Waals surface area contributed by atoms with Gasteiger partial charge in [0.15, 0.2) is 11.5 Å². The van der Waals surface area contributed by atoms with E-state index in [9.17, 15) is 4.79 Å². The normalized spacial score (nSPS) is 14.8. The fourth-order valence-corrected chi connectivity index (χ4v) is 3.86. The molecular weight excluding hydrogens is 342 g/mol. The van der Waals surface area contributed by atoms with Crippen LogP contribution >= 0.6 is 0 Å². The number of aromatic nitrogens is 2. The smallest absolute Gasteiger partial charge is 0.272 e. The van der Waals surface area contributed by atoms with Gasteiger partial charge in [0.05, 0.1) is 14.2 Å². The van der Waals surface area contributed by atoms with Crippen LogP contribution in [0.25, 0.3) is 0 Å². The zero-order valence-corrected chi connectivity index (χ0v) is 16.5. The summed E-state index contributed by atoms with van der Waals surface area (Å²) < 4.78 is 12.4. The minimum Gasteiger partial charge on any atom is -0.493 e. The van der Waals surface area contributed by atoms with Gasteiger partial charge in [0, 0.05) is 25.8 Å². The Morgan fingerprint density at radius 3 is 2.52 bits per heavy atom. The summed E-state index contributed by atoms with van der Waals surface area (Å²) in [5, 5.41) is 4.16. The summed E-state index contributed by atoms with van der Waals surface area (Å²) in [6.45, 7) is 0.685. The van der Waals surface area contributed by atoms with Gasteiger partial charge in [-0.25, -0.2) is 0 Å². The third kappa shape index (κ3) is 4.43. The minimum absolute atomic E-state index is 0.0716. The van der Waals surface area contributed by atoms with E-state index in [1.807, 2.05) is 30.1 Å². The molecule has 1 amide bonds. The van der Waals surface area contributed by atoms with E-state index < -0.39 is 0 Å². The van der Waals surface area contributed by atoms with Crippen molar-refractivity contribution in [3.05, 3.63) is 41.7 Å². The molecule has 0 unspecified atom stereocenters. The molecular formula is C21H29N3O3. The van der Waals surface area contributed by atoms with Crippen molar-refractivity contribution in [2.75, 3.05) is 20.8 Å². The van der Waals surface area contributed by atoms with Crippen LogP contribution in [-0.2, 0) is 13.5 Å². The Hall–Kier alpha value is -2.50. The predicted molar refractivity (Wildman–Crippen MR) is 104 cm³/mol. The maximum absolute atomic E-state index is 13.2. The largest absolute Gasteiger partial charge is 0.493 e. The zero-order valence-electron chi connectivity index (χ0n) is 16.5.